The maximum absolute atomic E-state index is 12.2. The number of ether oxygens (including phenoxy) is 1. The van der Waals surface area contributed by atoms with Crippen molar-refractivity contribution in [2.75, 3.05) is 24.5 Å². The van der Waals surface area contributed by atoms with E-state index in [0.29, 0.717) is 19.6 Å². The highest BCUT2D eigenvalue weighted by Gasteiger charge is 2.30. The lowest BCUT2D eigenvalue weighted by Crippen LogP contribution is -2.54. The second-order valence-corrected chi connectivity index (χ2v) is 6.80. The topological polar surface area (TPSA) is 58.8 Å². The molecule has 1 aliphatic heterocycles. The van der Waals surface area contributed by atoms with Crippen LogP contribution in [0.1, 0.15) is 33.3 Å². The van der Waals surface area contributed by atoms with E-state index in [1.165, 1.54) is 5.69 Å². The highest BCUT2D eigenvalue weighted by molar-refractivity contribution is 5.69. The van der Waals surface area contributed by atoms with Crippen molar-refractivity contribution >= 4 is 11.8 Å². The lowest BCUT2D eigenvalue weighted by molar-refractivity contribution is 0.0219. The maximum Gasteiger partial charge on any atom is 0.410 e. The highest BCUT2D eigenvalue weighted by atomic mass is 16.6. The van der Waals surface area contributed by atoms with Crippen molar-refractivity contribution in [3.8, 4) is 0 Å². The van der Waals surface area contributed by atoms with Gasteiger partial charge in [0.2, 0.25) is 0 Å². The number of carbonyl (C=O) groups excluding carboxylic acids is 1. The predicted molar refractivity (Wildman–Crippen MR) is 88.9 cm³/mol. The fourth-order valence-electron chi connectivity index (χ4n) is 2.77. The summed E-state index contributed by atoms with van der Waals surface area (Å²) in [5.41, 5.74) is 7.69. The third-order valence-electron chi connectivity index (χ3n) is 3.80. The summed E-state index contributed by atoms with van der Waals surface area (Å²) >= 11 is 0. The van der Waals surface area contributed by atoms with E-state index < -0.39 is 5.60 Å². The van der Waals surface area contributed by atoms with Gasteiger partial charge in [-0.05, 0) is 39.3 Å². The van der Waals surface area contributed by atoms with Crippen LogP contribution in [0.25, 0.3) is 0 Å². The first-order valence-corrected chi connectivity index (χ1v) is 7.84. The van der Waals surface area contributed by atoms with E-state index in [1.807, 2.05) is 32.9 Å². The first-order chi connectivity index (χ1) is 10.3. The molecule has 1 saturated heterocycles. The Hall–Kier alpha value is -1.75. The molecule has 5 heteroatoms. The van der Waals surface area contributed by atoms with Crippen molar-refractivity contribution in [2.24, 2.45) is 5.73 Å². The number of nitrogens with two attached hydrogens (primary N) is 1. The summed E-state index contributed by atoms with van der Waals surface area (Å²) in [5.74, 6) is 0. The minimum atomic E-state index is -0.455. The molecule has 0 aromatic heterocycles. The van der Waals surface area contributed by atoms with Crippen molar-refractivity contribution in [2.45, 2.75) is 45.9 Å². The molecule has 0 bridgehead atoms. The summed E-state index contributed by atoms with van der Waals surface area (Å²) in [5, 5.41) is 0. The third kappa shape index (κ3) is 3.91. The molecule has 122 valence electrons. The first-order valence-electron chi connectivity index (χ1n) is 7.84. The third-order valence-corrected chi connectivity index (χ3v) is 3.80. The van der Waals surface area contributed by atoms with Gasteiger partial charge in [-0.2, -0.15) is 0 Å². The molecule has 2 N–H and O–H groups in total. The van der Waals surface area contributed by atoms with Crippen molar-refractivity contribution in [3.05, 3.63) is 29.8 Å². The molecule has 0 unspecified atom stereocenters. The lowest BCUT2D eigenvalue weighted by atomic mass is 10.1. The van der Waals surface area contributed by atoms with Gasteiger partial charge in [-0.25, -0.2) is 4.79 Å². The zero-order valence-corrected chi connectivity index (χ0v) is 14.0. The Morgan fingerprint density at radius 2 is 2.00 bits per heavy atom. The molecule has 1 heterocycles. The minimum absolute atomic E-state index is 0.230. The number of piperazine rings is 1. The van der Waals surface area contributed by atoms with Crippen LogP contribution in [0.3, 0.4) is 0 Å². The number of para-hydroxylation sites is 1. The number of nitrogens with zero attached hydrogens (tertiary/aromatic N) is 2. The molecule has 1 aromatic rings. The summed E-state index contributed by atoms with van der Waals surface area (Å²) in [4.78, 5) is 16.3. The van der Waals surface area contributed by atoms with Crippen molar-refractivity contribution in [1.82, 2.24) is 4.90 Å². The van der Waals surface area contributed by atoms with Gasteiger partial charge in [-0.15, -0.1) is 0 Å². The molecule has 1 atom stereocenters. The second-order valence-electron chi connectivity index (χ2n) is 6.80. The summed E-state index contributed by atoms with van der Waals surface area (Å²) in [7, 11) is 0. The highest BCUT2D eigenvalue weighted by Crippen LogP contribution is 2.25. The van der Waals surface area contributed by atoms with Crippen LogP contribution >= 0.6 is 0 Å². The lowest BCUT2D eigenvalue weighted by Gasteiger charge is -2.42. The van der Waals surface area contributed by atoms with Crippen LogP contribution in [-0.4, -0.2) is 42.3 Å². The zero-order valence-electron chi connectivity index (χ0n) is 14.0. The maximum atomic E-state index is 12.2. The number of rotatable bonds is 2. The molecule has 1 aromatic carbocycles. The van der Waals surface area contributed by atoms with Crippen molar-refractivity contribution in [1.29, 1.82) is 0 Å². The SMILES string of the molecule is C[C@@H]1CN(C(=O)OC(C)(C)C)CCN1c1ccccc1CN. The summed E-state index contributed by atoms with van der Waals surface area (Å²) in [6.07, 6.45) is -0.230. The fourth-order valence-corrected chi connectivity index (χ4v) is 2.77. The quantitative estimate of drug-likeness (QED) is 0.912. The van der Waals surface area contributed by atoms with Crippen molar-refractivity contribution < 1.29 is 9.53 Å². The van der Waals surface area contributed by atoms with Gasteiger partial charge in [0.1, 0.15) is 5.60 Å². The Labute approximate surface area is 133 Å². The van der Waals surface area contributed by atoms with Crippen LogP contribution in [0.4, 0.5) is 10.5 Å². The minimum Gasteiger partial charge on any atom is -0.444 e. The number of carbonyl (C=O) groups is 1. The Morgan fingerprint density at radius 3 is 2.59 bits per heavy atom. The van der Waals surface area contributed by atoms with E-state index in [1.54, 1.807) is 4.90 Å². The Balaban J connectivity index is 2.05. The van der Waals surface area contributed by atoms with Gasteiger partial charge < -0.3 is 20.3 Å². The summed E-state index contributed by atoms with van der Waals surface area (Å²) in [6, 6.07) is 8.42. The van der Waals surface area contributed by atoms with Crippen LogP contribution in [0, 0.1) is 0 Å². The summed E-state index contributed by atoms with van der Waals surface area (Å²) in [6.45, 7) is 10.4. The Kier molecular flexibility index (Phi) is 4.96. The van der Waals surface area contributed by atoms with Gasteiger partial charge in [0.15, 0.2) is 0 Å². The van der Waals surface area contributed by atoms with E-state index in [2.05, 4.69) is 24.0 Å². The van der Waals surface area contributed by atoms with E-state index in [0.717, 1.165) is 12.1 Å². The number of benzene rings is 1. The molecule has 0 spiro atoms. The van der Waals surface area contributed by atoms with E-state index >= 15 is 0 Å². The van der Waals surface area contributed by atoms with Crippen LogP contribution in [0.2, 0.25) is 0 Å². The number of hydrogen-bond donors (Lipinski definition) is 1. The van der Waals surface area contributed by atoms with Gasteiger partial charge in [-0.1, -0.05) is 18.2 Å². The second kappa shape index (κ2) is 6.57. The largest absolute Gasteiger partial charge is 0.444 e. The molecular weight excluding hydrogens is 278 g/mol. The van der Waals surface area contributed by atoms with Crippen molar-refractivity contribution in [3.63, 3.8) is 0 Å². The average molecular weight is 305 g/mol. The molecule has 5 nitrogen and oxygen atoms in total. The molecule has 1 amide bonds. The fraction of sp³-hybridized carbons (Fsp3) is 0.588. The zero-order chi connectivity index (χ0) is 16.3. The van der Waals surface area contributed by atoms with Gasteiger partial charge in [-0.3, -0.25) is 0 Å². The molecular formula is C17H27N3O2. The molecule has 0 aliphatic carbocycles. The van der Waals surface area contributed by atoms with Gasteiger partial charge >= 0.3 is 6.09 Å². The normalized spacial score (nSPS) is 19.2. The Bertz CT molecular complexity index is 525. The van der Waals surface area contributed by atoms with Crippen LogP contribution < -0.4 is 10.6 Å². The molecule has 1 fully saturated rings. The van der Waals surface area contributed by atoms with Crippen LogP contribution in [0.15, 0.2) is 24.3 Å². The van der Waals surface area contributed by atoms with E-state index in [4.69, 9.17) is 10.5 Å². The number of anilines is 1. The van der Waals surface area contributed by atoms with Crippen LogP contribution in [0.5, 0.6) is 0 Å². The number of hydrogen-bond acceptors (Lipinski definition) is 4. The summed E-state index contributed by atoms with van der Waals surface area (Å²) < 4.78 is 5.46. The molecule has 0 saturated carbocycles. The monoisotopic (exact) mass is 305 g/mol. The first kappa shape index (κ1) is 16.6. The van der Waals surface area contributed by atoms with Gasteiger partial charge in [0, 0.05) is 37.9 Å². The average Bonchev–Trinajstić information content (AvgIpc) is 2.45. The predicted octanol–water partition coefficient (Wildman–Crippen LogP) is 2.59. The van der Waals surface area contributed by atoms with Crippen LogP contribution in [-0.2, 0) is 11.3 Å². The standard InChI is InChI=1S/C17H27N3O2/c1-13-12-19(16(21)22-17(2,3)4)9-10-20(13)15-8-6-5-7-14(15)11-18/h5-8,13H,9-12,18H2,1-4H3/t13-/m1/s1. The Morgan fingerprint density at radius 1 is 1.32 bits per heavy atom. The molecule has 2 rings (SSSR count). The molecule has 0 radical (unpaired) electrons. The van der Waals surface area contributed by atoms with E-state index in [9.17, 15) is 4.79 Å². The smallest absolute Gasteiger partial charge is 0.410 e. The molecule has 1 aliphatic rings. The van der Waals surface area contributed by atoms with E-state index in [-0.39, 0.29) is 12.1 Å². The molecule has 22 heavy (non-hydrogen) atoms. The van der Waals surface area contributed by atoms with Gasteiger partial charge in [0.05, 0.1) is 0 Å². The number of amides is 1. The van der Waals surface area contributed by atoms with Gasteiger partial charge in [0.25, 0.3) is 0 Å².